The molecule has 3 aromatic carbocycles. The van der Waals surface area contributed by atoms with E-state index in [1.165, 1.54) is 12.1 Å². The molecule has 0 aliphatic heterocycles. The maximum absolute atomic E-state index is 13.2. The fourth-order valence-electron chi connectivity index (χ4n) is 3.46. The van der Waals surface area contributed by atoms with Gasteiger partial charge in [-0.15, -0.1) is 0 Å². The summed E-state index contributed by atoms with van der Waals surface area (Å²) in [6.45, 7) is 4.00. The standard InChI is InChI=1S/C22H16F3N/c1-13-9-14(2)11-15(10-13)21-18-8-7-16(22(23,24)25)12-19(18)17-5-3-4-6-20(17)26-21/h3-12H,1-2H3. The summed E-state index contributed by atoms with van der Waals surface area (Å²) in [5, 5.41) is 2.02. The third-order valence-corrected chi connectivity index (χ3v) is 4.52. The Balaban J connectivity index is 2.12. The topological polar surface area (TPSA) is 12.9 Å². The summed E-state index contributed by atoms with van der Waals surface area (Å²) in [5.74, 6) is 0. The predicted octanol–water partition coefficient (Wildman–Crippen LogP) is 6.69. The highest BCUT2D eigenvalue weighted by Gasteiger charge is 2.30. The maximum Gasteiger partial charge on any atom is 0.416 e. The maximum atomic E-state index is 13.2. The van der Waals surface area contributed by atoms with Crippen molar-refractivity contribution in [2.45, 2.75) is 20.0 Å². The van der Waals surface area contributed by atoms with Gasteiger partial charge in [-0.1, -0.05) is 41.5 Å². The van der Waals surface area contributed by atoms with Gasteiger partial charge in [-0.3, -0.25) is 0 Å². The van der Waals surface area contributed by atoms with Crippen molar-refractivity contribution in [2.24, 2.45) is 0 Å². The zero-order valence-corrected chi connectivity index (χ0v) is 14.4. The number of aromatic nitrogens is 1. The van der Waals surface area contributed by atoms with Crippen molar-refractivity contribution in [3.8, 4) is 11.3 Å². The van der Waals surface area contributed by atoms with E-state index < -0.39 is 11.7 Å². The van der Waals surface area contributed by atoms with Crippen LogP contribution in [-0.4, -0.2) is 4.98 Å². The van der Waals surface area contributed by atoms with Crippen LogP contribution in [0.4, 0.5) is 13.2 Å². The first kappa shape index (κ1) is 16.6. The number of aryl methyl sites for hydroxylation is 2. The Morgan fingerprint density at radius 1 is 0.731 bits per heavy atom. The highest BCUT2D eigenvalue weighted by Crippen LogP contribution is 2.37. The summed E-state index contributed by atoms with van der Waals surface area (Å²) < 4.78 is 39.7. The molecule has 4 aromatic rings. The van der Waals surface area contributed by atoms with Crippen LogP contribution >= 0.6 is 0 Å². The van der Waals surface area contributed by atoms with E-state index in [4.69, 9.17) is 4.98 Å². The molecule has 130 valence electrons. The molecule has 0 saturated heterocycles. The van der Waals surface area contributed by atoms with Crippen molar-refractivity contribution in [1.82, 2.24) is 4.98 Å². The molecule has 0 bridgehead atoms. The smallest absolute Gasteiger partial charge is 0.247 e. The molecule has 0 N–H and O–H groups in total. The van der Waals surface area contributed by atoms with E-state index in [1.807, 2.05) is 50.2 Å². The summed E-state index contributed by atoms with van der Waals surface area (Å²) in [6, 6.07) is 17.3. The van der Waals surface area contributed by atoms with Gasteiger partial charge >= 0.3 is 6.18 Å². The third-order valence-electron chi connectivity index (χ3n) is 4.52. The van der Waals surface area contributed by atoms with Gasteiger partial charge in [0.25, 0.3) is 0 Å². The van der Waals surface area contributed by atoms with Crippen molar-refractivity contribution in [1.29, 1.82) is 0 Å². The van der Waals surface area contributed by atoms with E-state index in [1.54, 1.807) is 0 Å². The van der Waals surface area contributed by atoms with Gasteiger partial charge in [-0.05, 0) is 49.6 Å². The summed E-state index contributed by atoms with van der Waals surface area (Å²) >= 11 is 0. The fourth-order valence-corrected chi connectivity index (χ4v) is 3.46. The molecule has 0 spiro atoms. The number of nitrogens with zero attached hydrogens (tertiary/aromatic N) is 1. The van der Waals surface area contributed by atoms with E-state index in [2.05, 4.69) is 6.07 Å². The van der Waals surface area contributed by atoms with E-state index in [0.29, 0.717) is 16.6 Å². The Kier molecular flexibility index (Phi) is 3.72. The van der Waals surface area contributed by atoms with Crippen LogP contribution in [0.1, 0.15) is 16.7 Å². The molecule has 4 rings (SSSR count). The largest absolute Gasteiger partial charge is 0.416 e. The number of pyridine rings is 1. The molecule has 0 radical (unpaired) electrons. The molecule has 0 aliphatic carbocycles. The van der Waals surface area contributed by atoms with Gasteiger partial charge in [0.05, 0.1) is 16.8 Å². The minimum Gasteiger partial charge on any atom is -0.247 e. The molecular weight excluding hydrogens is 335 g/mol. The molecule has 0 amide bonds. The summed E-state index contributed by atoms with van der Waals surface area (Å²) in [4.78, 5) is 4.77. The molecule has 0 fully saturated rings. The third kappa shape index (κ3) is 2.81. The molecule has 0 aliphatic rings. The summed E-state index contributed by atoms with van der Waals surface area (Å²) in [6.07, 6.45) is -4.38. The van der Waals surface area contributed by atoms with Gasteiger partial charge in [-0.2, -0.15) is 13.2 Å². The Morgan fingerprint density at radius 3 is 2.12 bits per heavy atom. The number of alkyl halides is 3. The Hall–Kier alpha value is -2.88. The SMILES string of the molecule is Cc1cc(C)cc(-c2nc3ccccc3c3cc(C(F)(F)F)ccc23)c1. The number of para-hydroxylation sites is 1. The number of rotatable bonds is 1. The Bertz CT molecular complexity index is 1120. The van der Waals surface area contributed by atoms with Gasteiger partial charge in [-0.25, -0.2) is 4.98 Å². The second kappa shape index (κ2) is 5.84. The molecule has 0 atom stereocenters. The van der Waals surface area contributed by atoms with Crippen molar-refractivity contribution in [2.75, 3.05) is 0 Å². The summed E-state index contributed by atoms with van der Waals surface area (Å²) in [5.41, 5.74) is 3.85. The lowest BCUT2D eigenvalue weighted by Gasteiger charge is -2.13. The van der Waals surface area contributed by atoms with Crippen LogP contribution in [0.2, 0.25) is 0 Å². The molecule has 1 heterocycles. The van der Waals surface area contributed by atoms with Crippen LogP contribution in [0.15, 0.2) is 60.7 Å². The van der Waals surface area contributed by atoms with Gasteiger partial charge in [0.1, 0.15) is 0 Å². The first-order chi connectivity index (χ1) is 12.3. The number of hydrogen-bond donors (Lipinski definition) is 0. The van der Waals surface area contributed by atoms with Gasteiger partial charge < -0.3 is 0 Å². The number of fused-ring (bicyclic) bond motifs is 3. The highest BCUT2D eigenvalue weighted by molar-refractivity contribution is 6.11. The molecule has 0 saturated carbocycles. The van der Waals surface area contributed by atoms with E-state index in [9.17, 15) is 13.2 Å². The van der Waals surface area contributed by atoms with E-state index >= 15 is 0 Å². The minimum atomic E-state index is -4.38. The molecule has 4 heteroatoms. The van der Waals surface area contributed by atoms with Gasteiger partial charge in [0.15, 0.2) is 0 Å². The normalized spacial score (nSPS) is 12.0. The van der Waals surface area contributed by atoms with Crippen LogP contribution in [0.25, 0.3) is 32.9 Å². The lowest BCUT2D eigenvalue weighted by molar-refractivity contribution is -0.137. The van der Waals surface area contributed by atoms with E-state index in [-0.39, 0.29) is 0 Å². The Labute approximate surface area is 149 Å². The first-order valence-corrected chi connectivity index (χ1v) is 8.31. The zero-order chi connectivity index (χ0) is 18.5. The Morgan fingerprint density at radius 2 is 1.42 bits per heavy atom. The van der Waals surface area contributed by atoms with Crippen molar-refractivity contribution in [3.05, 3.63) is 77.4 Å². The quantitative estimate of drug-likeness (QED) is 0.348. The average molecular weight is 351 g/mol. The second-order valence-electron chi connectivity index (χ2n) is 6.61. The monoisotopic (exact) mass is 351 g/mol. The van der Waals surface area contributed by atoms with Crippen LogP contribution in [0.5, 0.6) is 0 Å². The van der Waals surface area contributed by atoms with Crippen molar-refractivity contribution < 1.29 is 13.2 Å². The number of halogens is 3. The van der Waals surface area contributed by atoms with Crippen LogP contribution in [-0.2, 0) is 6.18 Å². The van der Waals surface area contributed by atoms with Crippen LogP contribution < -0.4 is 0 Å². The molecule has 0 unspecified atom stereocenters. The minimum absolute atomic E-state index is 0.569. The summed E-state index contributed by atoms with van der Waals surface area (Å²) in [7, 11) is 0. The first-order valence-electron chi connectivity index (χ1n) is 8.31. The van der Waals surface area contributed by atoms with Crippen molar-refractivity contribution in [3.63, 3.8) is 0 Å². The second-order valence-corrected chi connectivity index (χ2v) is 6.61. The molecule has 1 aromatic heterocycles. The molecular formula is C22H16F3N. The van der Waals surface area contributed by atoms with Gasteiger partial charge in [0, 0.05) is 16.3 Å². The van der Waals surface area contributed by atoms with Crippen molar-refractivity contribution >= 4 is 21.7 Å². The number of hydrogen-bond acceptors (Lipinski definition) is 1. The number of benzene rings is 3. The van der Waals surface area contributed by atoms with Crippen LogP contribution in [0, 0.1) is 13.8 Å². The van der Waals surface area contributed by atoms with E-state index in [0.717, 1.165) is 33.5 Å². The highest BCUT2D eigenvalue weighted by atomic mass is 19.4. The average Bonchev–Trinajstić information content (AvgIpc) is 2.59. The predicted molar refractivity (Wildman–Crippen MR) is 99.2 cm³/mol. The molecule has 26 heavy (non-hydrogen) atoms. The molecule has 1 nitrogen and oxygen atoms in total. The fraction of sp³-hybridized carbons (Fsp3) is 0.136. The van der Waals surface area contributed by atoms with Crippen LogP contribution in [0.3, 0.4) is 0 Å². The lowest BCUT2D eigenvalue weighted by Crippen LogP contribution is -2.04. The lowest BCUT2D eigenvalue weighted by atomic mass is 9.96. The zero-order valence-electron chi connectivity index (χ0n) is 14.4. The van der Waals surface area contributed by atoms with Gasteiger partial charge in [0.2, 0.25) is 0 Å².